The van der Waals surface area contributed by atoms with E-state index in [-0.39, 0.29) is 38.4 Å². The third-order valence-electron chi connectivity index (χ3n) is 35.6. The van der Waals surface area contributed by atoms with Gasteiger partial charge in [0.05, 0.1) is 27.1 Å². The first kappa shape index (κ1) is 85.6. The van der Waals surface area contributed by atoms with Crippen LogP contribution in [0.25, 0.3) is 0 Å². The van der Waals surface area contributed by atoms with Gasteiger partial charge in [0.2, 0.25) is 0 Å². The summed E-state index contributed by atoms with van der Waals surface area (Å²) < 4.78 is 0. The van der Waals surface area contributed by atoms with Crippen molar-refractivity contribution in [3.05, 3.63) is 116 Å². The van der Waals surface area contributed by atoms with E-state index >= 15 is 0 Å². The maximum absolute atomic E-state index is 12.0. The van der Waals surface area contributed by atoms with Gasteiger partial charge in [0.15, 0.2) is 0 Å². The van der Waals surface area contributed by atoms with Gasteiger partial charge in [-0.05, 0) is 349 Å². The molecule has 8 fully saturated rings. The molecule has 20 atom stereocenters. The summed E-state index contributed by atoms with van der Waals surface area (Å²) in [6, 6.07) is 0. The molecule has 0 heterocycles. The summed E-state index contributed by atoms with van der Waals surface area (Å²) >= 11 is 0. The van der Waals surface area contributed by atoms with Crippen LogP contribution in [-0.2, 0) is 24.0 Å². The van der Waals surface area contributed by atoms with Crippen LogP contribution >= 0.6 is 0 Å². The zero-order chi connectivity index (χ0) is 80.7. The van der Waals surface area contributed by atoms with Crippen molar-refractivity contribution in [3.8, 4) is 0 Å². The average molecular weight is 1510 g/mol. The van der Waals surface area contributed by atoms with Crippen molar-refractivity contribution in [1.29, 1.82) is 0 Å². The van der Waals surface area contributed by atoms with Gasteiger partial charge in [-0.3, -0.25) is 24.0 Å². The molecule has 0 radical (unpaired) electrons. The summed E-state index contributed by atoms with van der Waals surface area (Å²) in [5.41, 5.74) is 15.3. The average Bonchev–Trinajstić information content (AvgIpc) is 0.751. The van der Waals surface area contributed by atoms with Crippen molar-refractivity contribution in [2.45, 2.75) is 343 Å². The van der Waals surface area contributed by atoms with Crippen molar-refractivity contribution in [2.75, 3.05) is 0 Å². The molecular formula is C100H150O10. The van der Waals surface area contributed by atoms with Gasteiger partial charge >= 0.3 is 29.8 Å². The van der Waals surface area contributed by atoms with Gasteiger partial charge in [-0.25, -0.2) is 0 Å². The smallest absolute Gasteiger partial charge is 0.309 e. The largest absolute Gasteiger partial charge is 0.481 e. The fourth-order valence-corrected chi connectivity index (χ4v) is 28.6. The molecule has 10 nitrogen and oxygen atoms in total. The molecule has 20 unspecified atom stereocenters. The normalized spacial score (nSPS) is 42.0. The first-order valence-electron chi connectivity index (χ1n) is 44.5. The predicted molar refractivity (Wildman–Crippen MR) is 448 cm³/mol. The van der Waals surface area contributed by atoms with Crippen LogP contribution < -0.4 is 0 Å². The Morgan fingerprint density at radius 2 is 0.809 bits per heavy atom. The van der Waals surface area contributed by atoms with E-state index in [1.165, 1.54) is 92.9 Å². The Morgan fingerprint density at radius 1 is 0.391 bits per heavy atom. The van der Waals surface area contributed by atoms with E-state index in [1.807, 2.05) is 34.6 Å². The maximum Gasteiger partial charge on any atom is 0.309 e. The van der Waals surface area contributed by atoms with E-state index < -0.39 is 56.9 Å². The van der Waals surface area contributed by atoms with Crippen molar-refractivity contribution in [1.82, 2.24) is 0 Å². The van der Waals surface area contributed by atoms with E-state index in [4.69, 9.17) is 0 Å². The third-order valence-corrected chi connectivity index (χ3v) is 35.6. The first-order valence-corrected chi connectivity index (χ1v) is 44.5. The summed E-state index contributed by atoms with van der Waals surface area (Å²) in [7, 11) is 0. The zero-order valence-corrected chi connectivity index (χ0v) is 72.4. The predicted octanol–water partition coefficient (Wildman–Crippen LogP) is 26.3. The van der Waals surface area contributed by atoms with E-state index in [1.54, 1.807) is 39.0 Å². The van der Waals surface area contributed by atoms with E-state index in [0.717, 1.165) is 141 Å². The second-order valence-electron chi connectivity index (χ2n) is 42.7. The Bertz CT molecular complexity index is 3840. The molecule has 0 aromatic rings. The highest BCUT2D eigenvalue weighted by atomic mass is 16.4. The van der Waals surface area contributed by atoms with Crippen LogP contribution in [-0.4, -0.2) is 55.4 Å². The molecular weight excluding hydrogens is 1360 g/mol. The lowest BCUT2D eigenvalue weighted by molar-refractivity contribution is -0.165. The molecule has 0 spiro atoms. The van der Waals surface area contributed by atoms with Crippen LogP contribution in [0.5, 0.6) is 0 Å². The van der Waals surface area contributed by atoms with Crippen LogP contribution in [0.15, 0.2) is 116 Å². The molecule has 5 N–H and O–H groups in total. The molecule has 10 heteroatoms. The van der Waals surface area contributed by atoms with Crippen LogP contribution in [0.4, 0.5) is 0 Å². The third kappa shape index (κ3) is 15.1. The SMILES string of the molecule is C=CC1(C)C=C2CCC3C(C)(C(=O)O)CCCC3(C)C2CC1.CC(C)=C1C=C2CCC3C(C)(C(=O)O)CCCC3(C)C2CC1.CC(C)C1=CC2=C(CC1)C1(C)CCCC(C)(C(=O)O)C1CC2.CC(C)C1=CC2=CCC3C(C)(C(=O)O)CCCC3(C)C2CC1.CC(C)C1=CCC2C(=C1)CCC1C(C)(C(=O)O)CCCC21C. The summed E-state index contributed by atoms with van der Waals surface area (Å²) in [5.74, 6) is 2.83. The molecule has 110 heavy (non-hydrogen) atoms. The Labute approximate surface area is 666 Å². The molecule has 0 aromatic heterocycles. The molecule has 15 rings (SSSR count). The monoisotopic (exact) mass is 1510 g/mol. The quantitative estimate of drug-likeness (QED) is 0.139. The van der Waals surface area contributed by atoms with Crippen LogP contribution in [0.1, 0.15) is 343 Å². The van der Waals surface area contributed by atoms with Gasteiger partial charge in [0, 0.05) is 5.41 Å². The number of rotatable bonds is 9. The number of fused-ring (bicyclic) bond motifs is 14. The lowest BCUT2D eigenvalue weighted by Crippen LogP contribution is -2.54. The maximum atomic E-state index is 12.0. The van der Waals surface area contributed by atoms with E-state index in [9.17, 15) is 49.5 Å². The van der Waals surface area contributed by atoms with Gasteiger partial charge in [-0.2, -0.15) is 0 Å². The molecule has 0 amide bonds. The van der Waals surface area contributed by atoms with Crippen LogP contribution in [0, 0.1) is 131 Å². The summed E-state index contributed by atoms with van der Waals surface area (Å²) in [6.45, 7) is 46.3. The van der Waals surface area contributed by atoms with Gasteiger partial charge in [-0.15, -0.1) is 6.58 Å². The number of carbonyl (C=O) groups is 5. The minimum absolute atomic E-state index is 0.109. The Kier molecular flexibility index (Phi) is 24.7. The number of allylic oxidation sites excluding steroid dienone is 19. The van der Waals surface area contributed by atoms with Gasteiger partial charge in [-0.1, -0.05) is 203 Å². The summed E-state index contributed by atoms with van der Waals surface area (Å²) in [4.78, 5) is 59.7. The van der Waals surface area contributed by atoms with Crippen molar-refractivity contribution in [3.63, 3.8) is 0 Å². The standard InChI is InChI=1S/5C20H30O2/c4*1-13(2)14-6-8-16-15(12-14)7-9-17-19(16,3)10-5-11-20(17,4)18(21)22;1-5-18(2)12-9-15-14(13-18)7-8-16-19(15,3)10-6-11-20(16,4)17(21)22/h12,16-17H,5-11H2,1-4H3,(H,21,22);12-13,17H,5-11H2,1-4H3,(H,21,22);7,12-13,16-17H,5-6,8-11H2,1-4H3,(H,21,22);6,12-13,16-17H,5,7-11H2,1-4H3,(H,21,22);5,13,15-16H,1,6-12H2,2-4H3,(H,21,22). The molecule has 0 bridgehead atoms. The minimum Gasteiger partial charge on any atom is -0.481 e. The van der Waals surface area contributed by atoms with Gasteiger partial charge in [0.1, 0.15) is 0 Å². The molecule has 610 valence electrons. The van der Waals surface area contributed by atoms with E-state index in [0.29, 0.717) is 65.1 Å². The Hall–Kier alpha value is -5.25. The lowest BCUT2D eigenvalue weighted by atomic mass is 9.45. The molecule has 0 aromatic carbocycles. The highest BCUT2D eigenvalue weighted by Gasteiger charge is 2.63. The first-order chi connectivity index (χ1) is 51.4. The summed E-state index contributed by atoms with van der Waals surface area (Å²) in [5, 5.41) is 49.2. The summed E-state index contributed by atoms with van der Waals surface area (Å²) in [6.07, 6.45) is 54.6. The second kappa shape index (κ2) is 31.7. The molecule has 15 aliphatic carbocycles. The zero-order valence-electron chi connectivity index (χ0n) is 72.4. The van der Waals surface area contributed by atoms with Gasteiger partial charge in [0.25, 0.3) is 0 Å². The molecule has 0 aliphatic heterocycles. The molecule has 15 aliphatic rings. The topological polar surface area (TPSA) is 186 Å². The minimum atomic E-state index is -0.588. The highest BCUT2D eigenvalue weighted by molar-refractivity contribution is 5.77. The number of hydrogen-bond acceptors (Lipinski definition) is 5. The Balaban J connectivity index is 0.000000136. The number of aliphatic carboxylic acids is 5. The van der Waals surface area contributed by atoms with E-state index in [2.05, 4.69) is 152 Å². The van der Waals surface area contributed by atoms with Crippen molar-refractivity contribution >= 4 is 29.8 Å². The van der Waals surface area contributed by atoms with Crippen molar-refractivity contribution < 1.29 is 49.5 Å². The fraction of sp³-hybridized carbons (Fsp3) is 0.750. The fourth-order valence-electron chi connectivity index (χ4n) is 28.6. The number of carboxylic acids is 5. The number of carboxylic acid groups (broad SMARTS) is 5. The second-order valence-corrected chi connectivity index (χ2v) is 42.7. The Morgan fingerprint density at radius 3 is 1.28 bits per heavy atom. The van der Waals surface area contributed by atoms with Crippen molar-refractivity contribution in [2.24, 2.45) is 131 Å². The highest BCUT2D eigenvalue weighted by Crippen LogP contribution is 2.69. The molecule has 0 saturated heterocycles. The molecule has 8 saturated carbocycles. The van der Waals surface area contributed by atoms with Crippen LogP contribution in [0.3, 0.4) is 0 Å². The van der Waals surface area contributed by atoms with Gasteiger partial charge < -0.3 is 25.5 Å². The number of hydrogen-bond donors (Lipinski definition) is 5. The lowest BCUT2D eigenvalue weighted by Gasteiger charge is -2.59. The van der Waals surface area contributed by atoms with Crippen LogP contribution in [0.2, 0.25) is 0 Å².